The Hall–Kier alpha value is -1.53. The van der Waals surface area contributed by atoms with Crippen molar-refractivity contribution in [2.75, 3.05) is 24.4 Å². The lowest BCUT2D eigenvalue weighted by Crippen LogP contribution is -2.27. The first-order valence-electron chi connectivity index (χ1n) is 10.0. The van der Waals surface area contributed by atoms with Crippen molar-refractivity contribution in [2.24, 2.45) is 5.92 Å². The molecule has 7 heteroatoms. The van der Waals surface area contributed by atoms with Gasteiger partial charge in [-0.2, -0.15) is 0 Å². The van der Waals surface area contributed by atoms with Gasteiger partial charge in [-0.3, -0.25) is 0 Å². The van der Waals surface area contributed by atoms with Gasteiger partial charge in [-0.05, 0) is 93.0 Å². The topological polar surface area (TPSA) is 49.1 Å². The predicted octanol–water partition coefficient (Wildman–Crippen LogP) is 6.75. The molecule has 0 unspecified atom stereocenters. The van der Waals surface area contributed by atoms with Gasteiger partial charge >= 0.3 is 0 Å². The lowest BCUT2D eigenvalue weighted by Gasteiger charge is -2.22. The summed E-state index contributed by atoms with van der Waals surface area (Å²) in [5, 5.41) is 5.52. The van der Waals surface area contributed by atoms with Gasteiger partial charge in [0.2, 0.25) is 0 Å². The first kappa shape index (κ1) is 20.7. The quantitative estimate of drug-likeness (QED) is 0.262. The standard InChI is InChI=1S/C22H25Cl2N3OS/c23-18-7-8-20(22-21(18)19(24)14-26-22)27-29-17-5-3-16(4-6-17)28-13-1-2-15-9-11-25-12-10-15/h3-8,14-15,25-27H,1-2,9-13H2. The highest BCUT2D eigenvalue weighted by molar-refractivity contribution is 8.00. The minimum absolute atomic E-state index is 0.625. The summed E-state index contributed by atoms with van der Waals surface area (Å²) in [5.41, 5.74) is 1.85. The molecule has 1 fully saturated rings. The summed E-state index contributed by atoms with van der Waals surface area (Å²) < 4.78 is 9.28. The molecule has 0 spiro atoms. The number of benzene rings is 2. The number of aromatic nitrogens is 1. The highest BCUT2D eigenvalue weighted by atomic mass is 35.5. The van der Waals surface area contributed by atoms with E-state index in [1.54, 1.807) is 18.1 Å². The molecule has 1 aliphatic rings. The number of anilines is 1. The minimum atomic E-state index is 0.625. The van der Waals surface area contributed by atoms with Crippen molar-refractivity contribution in [1.82, 2.24) is 10.3 Å². The zero-order valence-corrected chi connectivity index (χ0v) is 18.5. The third kappa shape index (κ3) is 5.34. The average Bonchev–Trinajstić information content (AvgIpc) is 3.15. The van der Waals surface area contributed by atoms with Crippen LogP contribution in [0.2, 0.25) is 10.0 Å². The summed E-state index contributed by atoms with van der Waals surface area (Å²) in [6.07, 6.45) is 6.73. The maximum atomic E-state index is 6.25. The third-order valence-electron chi connectivity index (χ3n) is 5.32. The molecule has 3 N–H and O–H groups in total. The van der Waals surface area contributed by atoms with Crippen LogP contribution in [0, 0.1) is 5.92 Å². The Kier molecular flexibility index (Phi) is 7.14. The summed E-state index contributed by atoms with van der Waals surface area (Å²) in [6, 6.07) is 12.0. The number of aromatic amines is 1. The fraction of sp³-hybridized carbons (Fsp3) is 0.364. The summed E-state index contributed by atoms with van der Waals surface area (Å²) in [4.78, 5) is 4.28. The van der Waals surface area contributed by atoms with Crippen molar-refractivity contribution >= 4 is 51.7 Å². The summed E-state index contributed by atoms with van der Waals surface area (Å²) in [7, 11) is 0. The van der Waals surface area contributed by atoms with Gasteiger partial charge in [0.05, 0.1) is 27.9 Å². The van der Waals surface area contributed by atoms with E-state index in [0.717, 1.165) is 59.3 Å². The SMILES string of the molecule is Clc1ccc(NSc2ccc(OCCCC3CCNCC3)cc2)c2[nH]cc(Cl)c12. The van der Waals surface area contributed by atoms with Gasteiger partial charge in [0.25, 0.3) is 0 Å². The Morgan fingerprint density at radius 2 is 1.83 bits per heavy atom. The first-order chi connectivity index (χ1) is 14.2. The Balaban J connectivity index is 1.26. The van der Waals surface area contributed by atoms with Gasteiger partial charge in [0, 0.05) is 16.5 Å². The number of nitrogens with one attached hydrogen (secondary N) is 3. The second-order valence-electron chi connectivity index (χ2n) is 7.34. The molecule has 1 aliphatic heterocycles. The van der Waals surface area contributed by atoms with Crippen LogP contribution in [-0.2, 0) is 0 Å². The molecule has 0 aliphatic carbocycles. The van der Waals surface area contributed by atoms with Crippen LogP contribution >= 0.6 is 35.1 Å². The van der Waals surface area contributed by atoms with Gasteiger partial charge in [0.1, 0.15) is 5.75 Å². The van der Waals surface area contributed by atoms with E-state index >= 15 is 0 Å². The van der Waals surface area contributed by atoms with Crippen LogP contribution in [0.5, 0.6) is 5.75 Å². The molecule has 2 heterocycles. The second kappa shape index (κ2) is 9.98. The van der Waals surface area contributed by atoms with Crippen molar-refractivity contribution in [3.8, 4) is 5.75 Å². The van der Waals surface area contributed by atoms with Crippen LogP contribution in [0.4, 0.5) is 5.69 Å². The number of fused-ring (bicyclic) bond motifs is 1. The maximum Gasteiger partial charge on any atom is 0.119 e. The number of H-pyrrole nitrogens is 1. The fourth-order valence-corrected chi connectivity index (χ4v) is 4.93. The first-order valence-corrected chi connectivity index (χ1v) is 11.6. The molecule has 0 saturated carbocycles. The molecule has 29 heavy (non-hydrogen) atoms. The average molecular weight is 450 g/mol. The number of ether oxygens (including phenoxy) is 1. The maximum absolute atomic E-state index is 6.25. The lowest BCUT2D eigenvalue weighted by atomic mass is 9.93. The lowest BCUT2D eigenvalue weighted by molar-refractivity contribution is 0.273. The summed E-state index contributed by atoms with van der Waals surface area (Å²) >= 11 is 14.0. The number of rotatable bonds is 8. The molecule has 0 bridgehead atoms. The van der Waals surface area contributed by atoms with Crippen molar-refractivity contribution in [2.45, 2.75) is 30.6 Å². The van der Waals surface area contributed by atoms with Crippen LogP contribution in [0.25, 0.3) is 10.9 Å². The highest BCUT2D eigenvalue weighted by Gasteiger charge is 2.12. The van der Waals surface area contributed by atoms with Gasteiger partial charge < -0.3 is 19.8 Å². The highest BCUT2D eigenvalue weighted by Crippen LogP contribution is 2.36. The molecule has 4 rings (SSSR count). The van der Waals surface area contributed by atoms with Crippen LogP contribution in [0.1, 0.15) is 25.7 Å². The molecular weight excluding hydrogens is 425 g/mol. The number of piperidine rings is 1. The smallest absolute Gasteiger partial charge is 0.119 e. The van der Waals surface area contributed by atoms with E-state index in [9.17, 15) is 0 Å². The Morgan fingerprint density at radius 3 is 2.62 bits per heavy atom. The van der Waals surface area contributed by atoms with Crippen molar-refractivity contribution in [1.29, 1.82) is 0 Å². The van der Waals surface area contributed by atoms with Crippen molar-refractivity contribution < 1.29 is 4.74 Å². The molecular formula is C22H25Cl2N3OS. The van der Waals surface area contributed by atoms with Crippen LogP contribution in [0.15, 0.2) is 47.5 Å². The van der Waals surface area contributed by atoms with Gasteiger partial charge in [0.15, 0.2) is 0 Å². The zero-order valence-electron chi connectivity index (χ0n) is 16.1. The molecule has 154 valence electrons. The van der Waals surface area contributed by atoms with Gasteiger partial charge in [-0.25, -0.2) is 0 Å². The van der Waals surface area contributed by atoms with E-state index < -0.39 is 0 Å². The number of hydrogen-bond donors (Lipinski definition) is 3. The van der Waals surface area contributed by atoms with Crippen LogP contribution < -0.4 is 14.8 Å². The molecule has 2 aromatic carbocycles. The molecule has 0 atom stereocenters. The normalized spacial score (nSPS) is 15.0. The zero-order chi connectivity index (χ0) is 20.1. The van der Waals surface area contributed by atoms with E-state index in [0.29, 0.717) is 10.0 Å². The molecule has 3 aromatic rings. The molecule has 4 nitrogen and oxygen atoms in total. The van der Waals surface area contributed by atoms with E-state index in [1.807, 2.05) is 24.3 Å². The van der Waals surface area contributed by atoms with E-state index in [1.165, 1.54) is 19.3 Å². The Bertz CT molecular complexity index is 939. The summed E-state index contributed by atoms with van der Waals surface area (Å²) in [5.74, 6) is 1.78. The van der Waals surface area contributed by atoms with Crippen LogP contribution in [0.3, 0.4) is 0 Å². The number of hydrogen-bond acceptors (Lipinski definition) is 4. The van der Waals surface area contributed by atoms with Crippen molar-refractivity contribution in [3.63, 3.8) is 0 Å². The molecule has 1 saturated heterocycles. The summed E-state index contributed by atoms with van der Waals surface area (Å²) in [6.45, 7) is 3.11. The van der Waals surface area contributed by atoms with E-state index in [2.05, 4.69) is 27.2 Å². The predicted molar refractivity (Wildman–Crippen MR) is 125 cm³/mol. The molecule has 0 amide bonds. The van der Waals surface area contributed by atoms with Gasteiger partial charge in [-0.1, -0.05) is 23.2 Å². The minimum Gasteiger partial charge on any atom is -0.494 e. The monoisotopic (exact) mass is 449 g/mol. The van der Waals surface area contributed by atoms with Crippen LogP contribution in [-0.4, -0.2) is 24.7 Å². The number of halogens is 2. The van der Waals surface area contributed by atoms with Crippen molar-refractivity contribution in [3.05, 3.63) is 52.6 Å². The largest absolute Gasteiger partial charge is 0.494 e. The fourth-order valence-electron chi connectivity index (χ4n) is 3.70. The van der Waals surface area contributed by atoms with Gasteiger partial charge in [-0.15, -0.1) is 0 Å². The molecule has 0 radical (unpaired) electrons. The molecule has 1 aromatic heterocycles. The van der Waals surface area contributed by atoms with E-state index in [-0.39, 0.29) is 0 Å². The Labute approximate surface area is 185 Å². The third-order valence-corrected chi connectivity index (χ3v) is 6.77. The van der Waals surface area contributed by atoms with E-state index in [4.69, 9.17) is 27.9 Å². The Morgan fingerprint density at radius 1 is 1.03 bits per heavy atom. The second-order valence-corrected chi connectivity index (χ2v) is 9.04.